The lowest BCUT2D eigenvalue weighted by molar-refractivity contribution is -0.597. The van der Waals surface area contributed by atoms with E-state index in [4.69, 9.17) is 0 Å². The molecule has 0 N–H and O–H groups in total. The molecule has 0 fully saturated rings. The summed E-state index contributed by atoms with van der Waals surface area (Å²) in [6, 6.07) is 18.2. The molecule has 0 radical (unpaired) electrons. The molecule has 0 spiro atoms. The quantitative estimate of drug-likeness (QED) is 0.422. The predicted octanol–water partition coefficient (Wildman–Crippen LogP) is 2.21. The summed E-state index contributed by atoms with van der Waals surface area (Å²) in [5.74, 6) is 0. The lowest BCUT2D eigenvalue weighted by Crippen LogP contribution is -2.30. The van der Waals surface area contributed by atoms with Crippen molar-refractivity contribution >= 4 is 9.84 Å². The second kappa shape index (κ2) is 5.57. The molecule has 0 aliphatic carbocycles. The molecule has 0 amide bonds. The summed E-state index contributed by atoms with van der Waals surface area (Å²) in [6.45, 7) is 0. The smallest absolute Gasteiger partial charge is 0.291 e. The van der Waals surface area contributed by atoms with Crippen LogP contribution in [-0.4, -0.2) is 13.4 Å². The third-order valence-electron chi connectivity index (χ3n) is 3.19. The molecule has 0 bridgehead atoms. The highest BCUT2D eigenvalue weighted by Gasteiger charge is 2.25. The van der Waals surface area contributed by atoms with E-state index in [9.17, 15) is 13.6 Å². The van der Waals surface area contributed by atoms with E-state index in [2.05, 4.69) is 4.98 Å². The van der Waals surface area contributed by atoms with E-state index in [1.165, 1.54) is 18.2 Å². The fraction of sp³-hybridized carbons (Fsp3) is 0. The van der Waals surface area contributed by atoms with Gasteiger partial charge in [0, 0.05) is 11.6 Å². The molecule has 5 nitrogen and oxygen atoms in total. The van der Waals surface area contributed by atoms with Gasteiger partial charge in [-0.1, -0.05) is 48.5 Å². The highest BCUT2D eigenvalue weighted by atomic mass is 32.2. The number of benzene rings is 2. The second-order valence-corrected chi connectivity index (χ2v) is 6.52. The van der Waals surface area contributed by atoms with Crippen molar-refractivity contribution in [3.63, 3.8) is 0 Å². The molecule has 1 heterocycles. The maximum absolute atomic E-state index is 12.6. The monoisotopic (exact) mass is 312 g/mol. The Hall–Kier alpha value is -2.73. The first-order valence-electron chi connectivity index (χ1n) is 6.54. The van der Waals surface area contributed by atoms with Crippen molar-refractivity contribution in [2.45, 2.75) is 9.92 Å². The van der Waals surface area contributed by atoms with Crippen molar-refractivity contribution in [2.75, 3.05) is 0 Å². The van der Waals surface area contributed by atoms with Crippen molar-refractivity contribution in [3.05, 3.63) is 78.3 Å². The number of sulfone groups is 1. The summed E-state index contributed by atoms with van der Waals surface area (Å²) >= 11 is 0. The Kier molecular flexibility index (Phi) is 3.60. The van der Waals surface area contributed by atoms with Crippen molar-refractivity contribution < 1.29 is 13.1 Å². The van der Waals surface area contributed by atoms with Gasteiger partial charge in [-0.05, 0) is 17.1 Å². The fourth-order valence-corrected chi connectivity index (χ4v) is 3.29. The van der Waals surface area contributed by atoms with Crippen LogP contribution in [0.2, 0.25) is 0 Å². The van der Waals surface area contributed by atoms with E-state index in [1.54, 1.807) is 42.5 Å². The van der Waals surface area contributed by atoms with Gasteiger partial charge in [-0.2, -0.15) is 0 Å². The Balaban J connectivity index is 2.14. The third kappa shape index (κ3) is 2.56. The Morgan fingerprint density at radius 3 is 2.14 bits per heavy atom. The summed E-state index contributed by atoms with van der Waals surface area (Å²) in [5.41, 5.74) is 0.870. The minimum absolute atomic E-state index is 0.144. The van der Waals surface area contributed by atoms with Crippen molar-refractivity contribution in [1.82, 2.24) is 4.98 Å². The molecule has 110 valence electrons. The zero-order valence-corrected chi connectivity index (χ0v) is 12.3. The van der Waals surface area contributed by atoms with Gasteiger partial charge in [-0.15, -0.1) is 0 Å². The molecule has 1 aromatic heterocycles. The average molecular weight is 312 g/mol. The van der Waals surface area contributed by atoms with Crippen LogP contribution in [0.4, 0.5) is 0 Å². The molecule has 0 atom stereocenters. The minimum atomic E-state index is -3.75. The van der Waals surface area contributed by atoms with Gasteiger partial charge in [0.05, 0.1) is 4.90 Å². The highest BCUT2D eigenvalue weighted by molar-refractivity contribution is 7.91. The maximum atomic E-state index is 12.6. The number of rotatable bonds is 3. The molecular formula is C16H12N2O3S. The van der Waals surface area contributed by atoms with Gasteiger partial charge in [0.15, 0.2) is 0 Å². The van der Waals surface area contributed by atoms with Crippen LogP contribution in [-0.2, 0) is 9.84 Å². The molecule has 22 heavy (non-hydrogen) atoms. The molecule has 0 saturated carbocycles. The Bertz CT molecular complexity index is 895. The lowest BCUT2D eigenvalue weighted by atomic mass is 10.1. The summed E-state index contributed by atoms with van der Waals surface area (Å²) in [4.78, 5) is 3.92. The summed E-state index contributed by atoms with van der Waals surface area (Å²) in [5, 5.41) is 11.7. The van der Waals surface area contributed by atoms with Crippen LogP contribution in [0.5, 0.6) is 0 Å². The van der Waals surface area contributed by atoms with E-state index in [0.29, 0.717) is 10.3 Å². The second-order valence-electron chi connectivity index (χ2n) is 4.62. The molecule has 0 aliphatic heterocycles. The first-order valence-corrected chi connectivity index (χ1v) is 8.02. The Morgan fingerprint density at radius 1 is 0.909 bits per heavy atom. The summed E-state index contributed by atoms with van der Waals surface area (Å²) in [6.07, 6.45) is 0.970. The normalized spacial score (nSPS) is 11.3. The molecule has 0 saturated heterocycles. The Morgan fingerprint density at radius 2 is 1.50 bits per heavy atom. The number of hydrogen-bond donors (Lipinski definition) is 0. The van der Waals surface area contributed by atoms with Gasteiger partial charge in [-0.3, -0.25) is 0 Å². The van der Waals surface area contributed by atoms with E-state index in [-0.39, 0.29) is 15.6 Å². The van der Waals surface area contributed by atoms with Crippen molar-refractivity contribution in [2.24, 2.45) is 0 Å². The third-order valence-corrected chi connectivity index (χ3v) is 4.85. The van der Waals surface area contributed by atoms with Gasteiger partial charge in [-0.25, -0.2) is 13.1 Å². The van der Waals surface area contributed by atoms with Gasteiger partial charge in [0.1, 0.15) is 5.69 Å². The number of aromatic nitrogens is 2. The molecule has 3 aromatic rings. The van der Waals surface area contributed by atoms with Crippen molar-refractivity contribution in [3.8, 4) is 11.3 Å². The standard InChI is InChI=1S/C16H12N2O3S/c19-18-12-17-16(11-15(18)13-7-3-1-4-8-13)22(20,21)14-9-5-2-6-10-14/h1-12H. The predicted molar refractivity (Wildman–Crippen MR) is 80.5 cm³/mol. The molecular weight excluding hydrogens is 300 g/mol. The van der Waals surface area contributed by atoms with E-state index < -0.39 is 9.84 Å². The molecule has 0 aliphatic rings. The summed E-state index contributed by atoms with van der Waals surface area (Å²) < 4.78 is 25.7. The summed E-state index contributed by atoms with van der Waals surface area (Å²) in [7, 11) is -3.75. The van der Waals surface area contributed by atoms with Crippen LogP contribution in [0.3, 0.4) is 0 Å². The van der Waals surface area contributed by atoms with Gasteiger partial charge < -0.3 is 5.21 Å². The van der Waals surface area contributed by atoms with E-state index in [0.717, 1.165) is 6.33 Å². The van der Waals surface area contributed by atoms with E-state index >= 15 is 0 Å². The zero-order valence-electron chi connectivity index (χ0n) is 11.5. The number of hydrogen-bond acceptors (Lipinski definition) is 4. The first kappa shape index (κ1) is 14.2. The van der Waals surface area contributed by atoms with Crippen LogP contribution >= 0.6 is 0 Å². The average Bonchev–Trinajstić information content (AvgIpc) is 2.57. The zero-order chi connectivity index (χ0) is 15.6. The first-order chi connectivity index (χ1) is 10.6. The van der Waals surface area contributed by atoms with Gasteiger partial charge in [0.25, 0.3) is 11.4 Å². The SMILES string of the molecule is O=S(=O)(c1ccccc1)c1cc(-c2ccccc2)[n+]([O-])cn1. The molecule has 6 heteroatoms. The molecule has 0 unspecified atom stereocenters. The number of nitrogens with zero attached hydrogens (tertiary/aromatic N) is 2. The van der Waals surface area contributed by atoms with Crippen LogP contribution in [0.25, 0.3) is 11.3 Å². The topological polar surface area (TPSA) is 74.0 Å². The van der Waals surface area contributed by atoms with Gasteiger partial charge in [0.2, 0.25) is 9.84 Å². The van der Waals surface area contributed by atoms with Crippen molar-refractivity contribution in [1.29, 1.82) is 0 Å². The van der Waals surface area contributed by atoms with Crippen LogP contribution in [0.15, 0.2) is 83.0 Å². The largest absolute Gasteiger partial charge is 0.710 e. The van der Waals surface area contributed by atoms with Crippen LogP contribution < -0.4 is 4.73 Å². The molecule has 2 aromatic carbocycles. The van der Waals surface area contributed by atoms with Crippen LogP contribution in [0, 0.1) is 5.21 Å². The lowest BCUT2D eigenvalue weighted by Gasteiger charge is -2.09. The highest BCUT2D eigenvalue weighted by Crippen LogP contribution is 2.22. The minimum Gasteiger partial charge on any atom is -0.710 e. The van der Waals surface area contributed by atoms with E-state index in [1.807, 2.05) is 6.07 Å². The maximum Gasteiger partial charge on any atom is 0.291 e. The Labute approximate surface area is 128 Å². The fourth-order valence-electron chi connectivity index (χ4n) is 2.08. The van der Waals surface area contributed by atoms with Crippen LogP contribution in [0.1, 0.15) is 0 Å². The molecule has 3 rings (SSSR count). The van der Waals surface area contributed by atoms with Gasteiger partial charge >= 0.3 is 0 Å².